The van der Waals surface area contributed by atoms with E-state index in [1.54, 1.807) is 31.4 Å². The van der Waals surface area contributed by atoms with Crippen LogP contribution in [0, 0.1) is 0 Å². The predicted molar refractivity (Wildman–Crippen MR) is 125 cm³/mol. The van der Waals surface area contributed by atoms with E-state index in [2.05, 4.69) is 30.5 Å². The van der Waals surface area contributed by atoms with E-state index in [4.69, 9.17) is 4.52 Å². The Bertz CT molecular complexity index is 1410. The maximum atomic E-state index is 12.4. The Balaban J connectivity index is 1.26. The Labute approximate surface area is 200 Å². The average Bonchev–Trinajstić information content (AvgIpc) is 3.61. The summed E-state index contributed by atoms with van der Waals surface area (Å²) in [5, 5.41) is 22.5. The molecular weight excluding hydrogens is 448 g/mol. The van der Waals surface area contributed by atoms with Gasteiger partial charge in [0.1, 0.15) is 11.4 Å². The van der Waals surface area contributed by atoms with Gasteiger partial charge in [-0.1, -0.05) is 11.2 Å². The van der Waals surface area contributed by atoms with Gasteiger partial charge < -0.3 is 19.8 Å². The van der Waals surface area contributed by atoms with Crippen LogP contribution in [0.15, 0.2) is 47.2 Å². The molecule has 35 heavy (non-hydrogen) atoms. The van der Waals surface area contributed by atoms with E-state index >= 15 is 0 Å². The third kappa shape index (κ3) is 3.73. The molecular formula is C24H24N8O3. The number of aliphatic hydroxyl groups is 1. The monoisotopic (exact) mass is 472 g/mol. The summed E-state index contributed by atoms with van der Waals surface area (Å²) in [6.07, 6.45) is 7.02. The first kappa shape index (κ1) is 21.4. The number of hydrogen-bond donors (Lipinski definition) is 2. The highest BCUT2D eigenvalue weighted by atomic mass is 16.5. The Morgan fingerprint density at radius 1 is 1.11 bits per heavy atom. The van der Waals surface area contributed by atoms with Crippen molar-refractivity contribution in [1.82, 2.24) is 34.8 Å². The van der Waals surface area contributed by atoms with E-state index in [9.17, 15) is 9.90 Å². The summed E-state index contributed by atoms with van der Waals surface area (Å²) in [6, 6.07) is 8.82. The van der Waals surface area contributed by atoms with E-state index in [1.807, 2.05) is 23.0 Å². The molecule has 1 saturated heterocycles. The maximum Gasteiger partial charge on any atom is 0.260 e. The van der Waals surface area contributed by atoms with Gasteiger partial charge in [0.05, 0.1) is 29.0 Å². The summed E-state index contributed by atoms with van der Waals surface area (Å²) in [6.45, 7) is 1.39. The fourth-order valence-corrected chi connectivity index (χ4v) is 4.60. The highest BCUT2D eigenvalue weighted by Crippen LogP contribution is 2.34. The van der Waals surface area contributed by atoms with Gasteiger partial charge in [0.2, 0.25) is 5.95 Å². The molecule has 4 aromatic rings. The Morgan fingerprint density at radius 3 is 2.83 bits per heavy atom. The molecule has 178 valence electrons. The lowest BCUT2D eigenvalue weighted by Gasteiger charge is -2.16. The first-order chi connectivity index (χ1) is 17.0. The minimum Gasteiger partial charge on any atom is -0.374 e. The molecule has 4 aromatic heterocycles. The second-order valence-electron chi connectivity index (χ2n) is 8.90. The number of aryl methyl sites for hydroxylation is 1. The van der Waals surface area contributed by atoms with Gasteiger partial charge in [0.15, 0.2) is 11.4 Å². The second-order valence-corrected chi connectivity index (χ2v) is 8.90. The number of aromatic nitrogens is 6. The van der Waals surface area contributed by atoms with Crippen molar-refractivity contribution in [3.05, 3.63) is 54.1 Å². The largest absolute Gasteiger partial charge is 0.374 e. The van der Waals surface area contributed by atoms with E-state index in [1.165, 1.54) is 10.6 Å². The molecule has 6 rings (SSSR count). The smallest absolute Gasteiger partial charge is 0.260 e. The van der Waals surface area contributed by atoms with Crippen molar-refractivity contribution in [3.63, 3.8) is 0 Å². The standard InChI is InChI=1S/C24H24N8O3/c1-31-12-9-24(34,22(31)33)21-13-20(35-30-21)17-6-4-5-15(27-17)16-8-10-25-23(28-16)29-18-14-26-32-11-3-2-7-19(18)32/h4-6,8,10,13-14,34H,2-3,7,9,11-12H2,1H3,(H,25,28,29)/t24-/m1/s1. The predicted octanol–water partition coefficient (Wildman–Crippen LogP) is 2.52. The van der Waals surface area contributed by atoms with Crippen molar-refractivity contribution in [3.8, 4) is 22.8 Å². The summed E-state index contributed by atoms with van der Waals surface area (Å²) >= 11 is 0. The number of nitrogens with zero attached hydrogens (tertiary/aromatic N) is 7. The van der Waals surface area contributed by atoms with Crippen LogP contribution in [0.4, 0.5) is 11.6 Å². The van der Waals surface area contributed by atoms with Crippen LogP contribution < -0.4 is 5.32 Å². The second kappa shape index (κ2) is 8.27. The van der Waals surface area contributed by atoms with Gasteiger partial charge in [-0.15, -0.1) is 0 Å². The van der Waals surface area contributed by atoms with Crippen LogP contribution in [0.25, 0.3) is 22.8 Å². The quantitative estimate of drug-likeness (QED) is 0.449. The van der Waals surface area contributed by atoms with Gasteiger partial charge in [-0.2, -0.15) is 5.10 Å². The van der Waals surface area contributed by atoms with E-state index < -0.39 is 5.60 Å². The minimum atomic E-state index is -1.67. The molecule has 0 radical (unpaired) electrons. The van der Waals surface area contributed by atoms with Gasteiger partial charge in [0.25, 0.3) is 5.91 Å². The first-order valence-electron chi connectivity index (χ1n) is 11.6. The van der Waals surface area contributed by atoms with Crippen LogP contribution >= 0.6 is 0 Å². The third-order valence-electron chi connectivity index (χ3n) is 6.59. The van der Waals surface area contributed by atoms with E-state index in [0.717, 1.165) is 31.5 Å². The van der Waals surface area contributed by atoms with Crippen LogP contribution in [-0.4, -0.2) is 59.4 Å². The van der Waals surface area contributed by atoms with Gasteiger partial charge in [-0.3, -0.25) is 9.48 Å². The number of anilines is 2. The fourth-order valence-electron chi connectivity index (χ4n) is 4.60. The maximum absolute atomic E-state index is 12.4. The molecule has 11 heteroatoms. The molecule has 1 amide bonds. The molecule has 11 nitrogen and oxygen atoms in total. The first-order valence-corrected chi connectivity index (χ1v) is 11.6. The highest BCUT2D eigenvalue weighted by Gasteiger charge is 2.47. The van der Waals surface area contributed by atoms with Crippen LogP contribution in [-0.2, 0) is 23.4 Å². The average molecular weight is 473 g/mol. The molecule has 6 heterocycles. The number of likely N-dealkylation sites (N-methyl/N-ethyl adjacent to an activating group) is 1. The molecule has 0 bridgehead atoms. The molecule has 0 spiro atoms. The Morgan fingerprint density at radius 2 is 1.97 bits per heavy atom. The molecule has 2 aliphatic heterocycles. The molecule has 0 saturated carbocycles. The molecule has 0 aliphatic carbocycles. The van der Waals surface area contributed by atoms with Gasteiger partial charge in [-0.05, 0) is 37.5 Å². The van der Waals surface area contributed by atoms with Gasteiger partial charge >= 0.3 is 0 Å². The number of likely N-dealkylation sites (tertiary alicyclic amines) is 1. The summed E-state index contributed by atoms with van der Waals surface area (Å²) in [5.41, 5.74) is 2.38. The summed E-state index contributed by atoms with van der Waals surface area (Å²) < 4.78 is 7.48. The number of nitrogens with one attached hydrogen (secondary N) is 1. The van der Waals surface area contributed by atoms with Crippen molar-refractivity contribution < 1.29 is 14.4 Å². The molecule has 2 aliphatic rings. The lowest BCUT2D eigenvalue weighted by molar-refractivity contribution is -0.143. The van der Waals surface area contributed by atoms with Crippen molar-refractivity contribution in [2.45, 2.75) is 37.8 Å². The van der Waals surface area contributed by atoms with Crippen molar-refractivity contribution in [2.24, 2.45) is 0 Å². The zero-order valence-corrected chi connectivity index (χ0v) is 19.2. The fraction of sp³-hybridized carbons (Fsp3) is 0.333. The summed E-state index contributed by atoms with van der Waals surface area (Å²) in [4.78, 5) is 27.5. The highest BCUT2D eigenvalue weighted by molar-refractivity contribution is 5.88. The molecule has 2 N–H and O–H groups in total. The number of fused-ring (bicyclic) bond motifs is 1. The van der Waals surface area contributed by atoms with Crippen LogP contribution in [0.3, 0.4) is 0 Å². The SMILES string of the molecule is CN1CC[C@@](O)(c2cc(-c3cccc(-c4ccnc(Nc5cnn6c5CCCC6)n4)n3)on2)C1=O. The molecule has 0 unspecified atom stereocenters. The zero-order chi connectivity index (χ0) is 24.0. The molecule has 0 aromatic carbocycles. The van der Waals surface area contributed by atoms with Crippen molar-refractivity contribution in [1.29, 1.82) is 0 Å². The van der Waals surface area contributed by atoms with Crippen LogP contribution in [0.2, 0.25) is 0 Å². The van der Waals surface area contributed by atoms with Gasteiger partial charge in [-0.25, -0.2) is 15.0 Å². The topological polar surface area (TPSA) is 135 Å². The number of rotatable bonds is 5. The van der Waals surface area contributed by atoms with E-state index in [0.29, 0.717) is 35.3 Å². The van der Waals surface area contributed by atoms with Crippen molar-refractivity contribution in [2.75, 3.05) is 18.9 Å². The zero-order valence-electron chi connectivity index (χ0n) is 19.2. The minimum absolute atomic E-state index is 0.187. The van der Waals surface area contributed by atoms with Crippen LogP contribution in [0.1, 0.15) is 30.7 Å². The molecule has 1 fully saturated rings. The number of carbonyl (C=O) groups is 1. The lowest BCUT2D eigenvalue weighted by atomic mass is 9.97. The normalized spacial score (nSPS) is 19.7. The number of carbonyl (C=O) groups excluding carboxylic acids is 1. The van der Waals surface area contributed by atoms with E-state index in [-0.39, 0.29) is 18.0 Å². The molecule has 1 atom stereocenters. The lowest BCUT2D eigenvalue weighted by Crippen LogP contribution is -2.36. The third-order valence-corrected chi connectivity index (χ3v) is 6.59. The van der Waals surface area contributed by atoms with Crippen LogP contribution in [0.5, 0.6) is 0 Å². The summed E-state index contributed by atoms with van der Waals surface area (Å²) in [7, 11) is 1.65. The van der Waals surface area contributed by atoms with Crippen molar-refractivity contribution >= 4 is 17.5 Å². The number of hydrogen-bond acceptors (Lipinski definition) is 9. The number of amides is 1. The summed E-state index contributed by atoms with van der Waals surface area (Å²) in [5.74, 6) is 0.431. The Hall–Kier alpha value is -4.12. The Kier molecular flexibility index (Phi) is 5.06. The van der Waals surface area contributed by atoms with Gasteiger partial charge in [0, 0.05) is 38.8 Å². The number of pyridine rings is 1.